The number of hydrogen-bond acceptors (Lipinski definition) is 2. The Morgan fingerprint density at radius 1 is 1.21 bits per heavy atom. The van der Waals surface area contributed by atoms with Gasteiger partial charge < -0.3 is 4.90 Å². The Morgan fingerprint density at radius 3 is 2.50 bits per heavy atom. The summed E-state index contributed by atoms with van der Waals surface area (Å²) in [7, 11) is 0. The van der Waals surface area contributed by atoms with Crippen molar-refractivity contribution in [1.82, 2.24) is 0 Å². The van der Waals surface area contributed by atoms with Gasteiger partial charge in [0.15, 0.2) is 0 Å². The van der Waals surface area contributed by atoms with Gasteiger partial charge in [0.05, 0.1) is 11.1 Å². The lowest BCUT2D eigenvalue weighted by Crippen LogP contribution is -2.43. The molecule has 1 aromatic rings. The number of thioether (sulfide) groups is 1. The highest BCUT2D eigenvalue weighted by Gasteiger charge is 2.33. The maximum Gasteiger partial charge on any atom is 0.0775 e. The molecule has 1 heterocycles. The van der Waals surface area contributed by atoms with E-state index in [2.05, 4.69) is 56.9 Å². The van der Waals surface area contributed by atoms with Gasteiger partial charge in [0.25, 0.3) is 0 Å². The maximum absolute atomic E-state index is 2.49. The van der Waals surface area contributed by atoms with Gasteiger partial charge in [-0.05, 0) is 39.8 Å². The molecule has 1 aliphatic heterocycles. The van der Waals surface area contributed by atoms with Crippen molar-refractivity contribution in [2.45, 2.75) is 43.5 Å². The van der Waals surface area contributed by atoms with Crippen LogP contribution in [0.4, 0.5) is 5.69 Å². The fourth-order valence-corrected chi connectivity index (χ4v) is 3.44. The van der Waals surface area contributed by atoms with Gasteiger partial charge in [-0.15, -0.1) is 0 Å². The van der Waals surface area contributed by atoms with Gasteiger partial charge in [0, 0.05) is 10.4 Å². The van der Waals surface area contributed by atoms with Crippen LogP contribution in [0.2, 0.25) is 0 Å². The van der Waals surface area contributed by atoms with E-state index >= 15 is 0 Å². The van der Waals surface area contributed by atoms with E-state index in [1.165, 1.54) is 10.6 Å². The number of fused-ring (bicyclic) bond motifs is 1. The second-order valence-electron chi connectivity index (χ2n) is 4.73. The van der Waals surface area contributed by atoms with E-state index in [4.69, 9.17) is 0 Å². The van der Waals surface area contributed by atoms with Crippen molar-refractivity contribution < 1.29 is 0 Å². The third-order valence-electron chi connectivity index (χ3n) is 2.51. The molecule has 1 atom stereocenters. The van der Waals surface area contributed by atoms with Crippen LogP contribution in [0.15, 0.2) is 29.2 Å². The average Bonchev–Trinajstić information content (AvgIpc) is 2.38. The summed E-state index contributed by atoms with van der Waals surface area (Å²) in [5.74, 6) is 0. The molecule has 76 valence electrons. The lowest BCUT2D eigenvalue weighted by Gasteiger charge is -2.37. The average molecular weight is 207 g/mol. The van der Waals surface area contributed by atoms with E-state index in [0.717, 1.165) is 0 Å². The molecule has 0 spiro atoms. The van der Waals surface area contributed by atoms with E-state index in [1.807, 2.05) is 11.8 Å². The summed E-state index contributed by atoms with van der Waals surface area (Å²) in [6.07, 6.45) is 0. The molecule has 0 saturated carbocycles. The van der Waals surface area contributed by atoms with E-state index in [-0.39, 0.29) is 5.54 Å². The van der Waals surface area contributed by atoms with Crippen LogP contribution in [0.5, 0.6) is 0 Å². The zero-order valence-electron chi connectivity index (χ0n) is 9.24. The van der Waals surface area contributed by atoms with Crippen LogP contribution in [-0.4, -0.2) is 10.9 Å². The zero-order valence-corrected chi connectivity index (χ0v) is 10.1. The van der Waals surface area contributed by atoms with Crippen molar-refractivity contribution in [2.75, 3.05) is 4.90 Å². The van der Waals surface area contributed by atoms with Crippen LogP contribution in [0, 0.1) is 0 Å². The van der Waals surface area contributed by atoms with Gasteiger partial charge in [0.2, 0.25) is 0 Å². The Hall–Kier alpha value is -0.630. The summed E-state index contributed by atoms with van der Waals surface area (Å²) >= 11 is 1.95. The van der Waals surface area contributed by atoms with Crippen molar-refractivity contribution in [2.24, 2.45) is 0 Å². The van der Waals surface area contributed by atoms with Gasteiger partial charge in [0.1, 0.15) is 0 Å². The van der Waals surface area contributed by atoms with Crippen LogP contribution >= 0.6 is 11.8 Å². The van der Waals surface area contributed by atoms with Crippen molar-refractivity contribution >= 4 is 17.4 Å². The quantitative estimate of drug-likeness (QED) is 0.637. The predicted molar refractivity (Wildman–Crippen MR) is 64.0 cm³/mol. The number of rotatable bonds is 0. The summed E-state index contributed by atoms with van der Waals surface area (Å²) < 4.78 is 0. The first-order valence-corrected chi connectivity index (χ1v) is 5.93. The van der Waals surface area contributed by atoms with Gasteiger partial charge in [-0.3, -0.25) is 0 Å². The fourth-order valence-electron chi connectivity index (χ4n) is 2.09. The highest BCUT2D eigenvalue weighted by Crippen LogP contribution is 2.46. The SMILES string of the molecule is C[C@H]1Sc2ccccc2N1C(C)(C)C. The van der Waals surface area contributed by atoms with Crippen LogP contribution in [-0.2, 0) is 0 Å². The largest absolute Gasteiger partial charge is 0.354 e. The molecule has 1 nitrogen and oxygen atoms in total. The highest BCUT2D eigenvalue weighted by atomic mass is 32.2. The minimum Gasteiger partial charge on any atom is -0.354 e. The zero-order chi connectivity index (χ0) is 10.3. The Balaban J connectivity index is 2.45. The molecule has 0 unspecified atom stereocenters. The Morgan fingerprint density at radius 2 is 1.86 bits per heavy atom. The normalized spacial score (nSPS) is 21.1. The minimum absolute atomic E-state index is 0.207. The lowest BCUT2D eigenvalue weighted by molar-refractivity contribution is 0.503. The van der Waals surface area contributed by atoms with Crippen molar-refractivity contribution in [3.63, 3.8) is 0 Å². The molecule has 2 rings (SSSR count). The second kappa shape index (κ2) is 3.20. The molecule has 2 heteroatoms. The van der Waals surface area contributed by atoms with E-state index < -0.39 is 0 Å². The van der Waals surface area contributed by atoms with E-state index in [9.17, 15) is 0 Å². The third-order valence-corrected chi connectivity index (χ3v) is 3.66. The van der Waals surface area contributed by atoms with Crippen LogP contribution in [0.3, 0.4) is 0 Å². The first kappa shape index (κ1) is 9.91. The number of nitrogens with zero attached hydrogens (tertiary/aromatic N) is 1. The molecule has 0 saturated heterocycles. The number of para-hydroxylation sites is 1. The molecule has 1 aliphatic rings. The minimum atomic E-state index is 0.207. The van der Waals surface area contributed by atoms with Crippen molar-refractivity contribution in [3.05, 3.63) is 24.3 Å². The molecule has 0 N–H and O–H groups in total. The first-order chi connectivity index (χ1) is 6.50. The van der Waals surface area contributed by atoms with Gasteiger partial charge in [-0.2, -0.15) is 0 Å². The lowest BCUT2D eigenvalue weighted by atomic mass is 10.0. The molecule has 0 amide bonds. The van der Waals surface area contributed by atoms with Gasteiger partial charge in [-0.25, -0.2) is 0 Å². The molecular weight excluding hydrogens is 190 g/mol. The summed E-state index contributed by atoms with van der Waals surface area (Å²) in [5, 5.41) is 0.549. The van der Waals surface area contributed by atoms with E-state index in [0.29, 0.717) is 5.37 Å². The second-order valence-corrected chi connectivity index (χ2v) is 6.08. The number of hydrogen-bond donors (Lipinski definition) is 0. The molecule has 0 aromatic heterocycles. The predicted octanol–water partition coefficient (Wildman–Crippen LogP) is 3.74. The summed E-state index contributed by atoms with van der Waals surface area (Å²) in [5.41, 5.74) is 1.59. The standard InChI is InChI=1S/C12H17NS/c1-9-13(12(2,3)4)10-7-5-6-8-11(10)14-9/h5-9H,1-4H3/t9-/m1/s1. The number of benzene rings is 1. The molecule has 14 heavy (non-hydrogen) atoms. The van der Waals surface area contributed by atoms with Crippen molar-refractivity contribution in [3.8, 4) is 0 Å². The van der Waals surface area contributed by atoms with Gasteiger partial charge in [-0.1, -0.05) is 23.9 Å². The van der Waals surface area contributed by atoms with Crippen LogP contribution in [0.25, 0.3) is 0 Å². The maximum atomic E-state index is 2.49. The van der Waals surface area contributed by atoms with Crippen molar-refractivity contribution in [1.29, 1.82) is 0 Å². The monoisotopic (exact) mass is 207 g/mol. The molecule has 0 aliphatic carbocycles. The Labute approximate surface area is 90.5 Å². The van der Waals surface area contributed by atoms with E-state index in [1.54, 1.807) is 0 Å². The first-order valence-electron chi connectivity index (χ1n) is 5.05. The topological polar surface area (TPSA) is 3.24 Å². The molecule has 1 aromatic carbocycles. The third kappa shape index (κ3) is 1.52. The Bertz CT molecular complexity index is 340. The summed E-state index contributed by atoms with van der Waals surface area (Å²) in [6.45, 7) is 9.08. The van der Waals surface area contributed by atoms with Gasteiger partial charge >= 0.3 is 0 Å². The Kier molecular flexibility index (Phi) is 2.26. The van der Waals surface area contributed by atoms with Crippen LogP contribution in [0.1, 0.15) is 27.7 Å². The van der Waals surface area contributed by atoms with Crippen LogP contribution < -0.4 is 4.90 Å². The molecule has 0 bridgehead atoms. The summed E-state index contributed by atoms with van der Waals surface area (Å²) in [6, 6.07) is 8.67. The molecule has 0 fully saturated rings. The molecular formula is C12H17NS. The fraction of sp³-hybridized carbons (Fsp3) is 0.500. The highest BCUT2D eigenvalue weighted by molar-refractivity contribution is 8.00. The smallest absolute Gasteiger partial charge is 0.0775 e. The number of anilines is 1. The summed E-state index contributed by atoms with van der Waals surface area (Å²) in [4.78, 5) is 3.91. The molecule has 0 radical (unpaired) electrons.